The monoisotopic (exact) mass is 560 g/mol. The van der Waals surface area contributed by atoms with E-state index >= 15 is 0 Å². The van der Waals surface area contributed by atoms with Crippen molar-refractivity contribution in [1.82, 2.24) is 24.9 Å². The molecule has 0 saturated carbocycles. The molecule has 11 nitrogen and oxygen atoms in total. The van der Waals surface area contributed by atoms with E-state index in [1.165, 1.54) is 11.4 Å². The molecule has 11 heteroatoms. The van der Waals surface area contributed by atoms with E-state index in [1.54, 1.807) is 15.6 Å². The Balaban J connectivity index is 0.964. The van der Waals surface area contributed by atoms with Crippen LogP contribution < -0.4 is 25.7 Å². The number of nitrogens with zero attached hydrogens (tertiary/aromatic N) is 7. The van der Waals surface area contributed by atoms with Gasteiger partial charge in [-0.1, -0.05) is 6.92 Å². The summed E-state index contributed by atoms with van der Waals surface area (Å²) in [6, 6.07) is 16.7. The summed E-state index contributed by atoms with van der Waals surface area (Å²) < 4.78 is 15.2. The molecule has 3 unspecified atom stereocenters. The molecule has 3 aliphatic rings. The van der Waals surface area contributed by atoms with Gasteiger partial charge in [0, 0.05) is 49.7 Å². The minimum Gasteiger partial charge on any atom is -0.493 e. The average molecular weight is 561 g/mol. The Kier molecular flexibility index (Phi) is 8.24. The lowest BCUT2D eigenvalue weighted by Crippen LogP contribution is -2.46. The highest BCUT2D eigenvalue weighted by molar-refractivity contribution is 5.60. The molecular formula is C30H40N8O3. The number of hydrogen-bond donors (Lipinski definition) is 1. The Hall–Kier alpha value is -3.83. The molecule has 1 N–H and O–H groups in total. The van der Waals surface area contributed by atoms with E-state index in [1.807, 2.05) is 30.4 Å². The number of hydrazone groups is 1. The summed E-state index contributed by atoms with van der Waals surface area (Å²) in [5.74, 6) is 1.30. The van der Waals surface area contributed by atoms with E-state index in [-0.39, 0.29) is 17.8 Å². The van der Waals surface area contributed by atoms with Gasteiger partial charge in [-0.3, -0.25) is 0 Å². The van der Waals surface area contributed by atoms with Crippen LogP contribution >= 0.6 is 0 Å². The first-order chi connectivity index (χ1) is 20.1. The minimum absolute atomic E-state index is 0.0852. The number of piperazine rings is 1. The molecular weight excluding hydrogens is 520 g/mol. The third-order valence-corrected chi connectivity index (χ3v) is 8.29. The predicted octanol–water partition coefficient (Wildman–Crippen LogP) is 2.92. The van der Waals surface area contributed by atoms with Gasteiger partial charge in [0.15, 0.2) is 0 Å². The first-order valence-electron chi connectivity index (χ1n) is 14.7. The summed E-state index contributed by atoms with van der Waals surface area (Å²) in [6.07, 6.45) is 5.52. The molecule has 0 radical (unpaired) electrons. The van der Waals surface area contributed by atoms with Crippen LogP contribution in [0.1, 0.15) is 32.7 Å². The van der Waals surface area contributed by atoms with Gasteiger partial charge in [0.2, 0.25) is 0 Å². The molecule has 0 spiro atoms. The van der Waals surface area contributed by atoms with Gasteiger partial charge in [-0.25, -0.2) is 24.6 Å². The summed E-state index contributed by atoms with van der Waals surface area (Å²) in [5, 5.41) is 10.4. The third-order valence-electron chi connectivity index (χ3n) is 8.29. The van der Waals surface area contributed by atoms with Crippen LogP contribution in [0.25, 0.3) is 5.69 Å². The largest absolute Gasteiger partial charge is 0.493 e. The number of rotatable bonds is 10. The molecule has 2 fully saturated rings. The molecule has 0 amide bonds. The lowest BCUT2D eigenvalue weighted by molar-refractivity contribution is 0.0590. The van der Waals surface area contributed by atoms with Gasteiger partial charge >= 0.3 is 5.69 Å². The van der Waals surface area contributed by atoms with Crippen LogP contribution in [0.2, 0.25) is 0 Å². The maximum Gasteiger partial charge on any atom is 0.350 e. The van der Waals surface area contributed by atoms with Crippen LogP contribution in [-0.2, 0) is 4.74 Å². The van der Waals surface area contributed by atoms with Crippen LogP contribution in [-0.4, -0.2) is 84.3 Å². The average Bonchev–Trinajstić information content (AvgIpc) is 3.79. The number of ether oxygens (including phenoxy) is 2. The zero-order chi connectivity index (χ0) is 28.2. The highest BCUT2D eigenvalue weighted by atomic mass is 16.5. The van der Waals surface area contributed by atoms with E-state index in [0.29, 0.717) is 12.5 Å². The Morgan fingerprint density at radius 2 is 1.66 bits per heavy atom. The maximum atomic E-state index is 12.7. The van der Waals surface area contributed by atoms with E-state index in [2.05, 4.69) is 68.7 Å². The Labute approximate surface area is 240 Å². The van der Waals surface area contributed by atoms with Crippen molar-refractivity contribution in [2.75, 3.05) is 62.3 Å². The van der Waals surface area contributed by atoms with Crippen LogP contribution in [0.15, 0.2) is 64.8 Å². The van der Waals surface area contributed by atoms with Crippen molar-refractivity contribution in [1.29, 1.82) is 0 Å². The first-order valence-corrected chi connectivity index (χ1v) is 14.7. The Bertz CT molecular complexity index is 1360. The number of nitrogens with one attached hydrogen (secondary N) is 1. The molecule has 3 atom stereocenters. The van der Waals surface area contributed by atoms with Gasteiger partial charge in [-0.15, -0.1) is 0 Å². The van der Waals surface area contributed by atoms with Gasteiger partial charge in [-0.05, 0) is 68.3 Å². The third kappa shape index (κ3) is 6.25. The molecule has 0 aliphatic carbocycles. The van der Waals surface area contributed by atoms with E-state index in [9.17, 15) is 4.79 Å². The van der Waals surface area contributed by atoms with Crippen LogP contribution in [0.3, 0.4) is 0 Å². The van der Waals surface area contributed by atoms with Crippen molar-refractivity contribution in [2.24, 2.45) is 11.0 Å². The van der Waals surface area contributed by atoms with E-state index in [4.69, 9.17) is 9.47 Å². The van der Waals surface area contributed by atoms with Gasteiger partial charge in [0.05, 0.1) is 44.1 Å². The second-order valence-corrected chi connectivity index (χ2v) is 11.1. The SMILES string of the molecule is CCC(C)n1ncn(-c2ccc(N3CCN(c4ccc(OCC5COC(CN6N=CCN6)C5)cc4)CC3)cc2)c1=O. The highest BCUT2D eigenvalue weighted by Gasteiger charge is 2.28. The molecule has 3 aliphatic heterocycles. The zero-order valence-corrected chi connectivity index (χ0v) is 23.9. The molecule has 4 heterocycles. The van der Waals surface area contributed by atoms with Crippen molar-refractivity contribution >= 4 is 17.6 Å². The molecule has 0 bridgehead atoms. The number of benzene rings is 2. The first kappa shape index (κ1) is 27.3. The molecule has 218 valence electrons. The minimum atomic E-state index is -0.0976. The van der Waals surface area contributed by atoms with Gasteiger partial charge in [0.25, 0.3) is 0 Å². The summed E-state index contributed by atoms with van der Waals surface area (Å²) in [6.45, 7) is 10.8. The smallest absolute Gasteiger partial charge is 0.350 e. The number of hydrogen-bond acceptors (Lipinski definition) is 9. The van der Waals surface area contributed by atoms with Crippen molar-refractivity contribution in [2.45, 2.75) is 38.8 Å². The van der Waals surface area contributed by atoms with Crippen molar-refractivity contribution < 1.29 is 9.47 Å². The number of hydrazine groups is 1. The second kappa shape index (κ2) is 12.4. The molecule has 6 rings (SSSR count). The van der Waals surface area contributed by atoms with Crippen molar-refractivity contribution in [3.05, 3.63) is 65.3 Å². The van der Waals surface area contributed by atoms with Crippen LogP contribution in [0, 0.1) is 5.92 Å². The van der Waals surface area contributed by atoms with Crippen molar-refractivity contribution in [3.63, 3.8) is 0 Å². The maximum absolute atomic E-state index is 12.7. The van der Waals surface area contributed by atoms with Crippen LogP contribution in [0.5, 0.6) is 5.75 Å². The Morgan fingerprint density at radius 1 is 1.00 bits per heavy atom. The number of anilines is 2. The lowest BCUT2D eigenvalue weighted by atomic mass is 10.1. The van der Waals surface area contributed by atoms with E-state index in [0.717, 1.165) is 70.2 Å². The molecule has 41 heavy (non-hydrogen) atoms. The summed E-state index contributed by atoms with van der Waals surface area (Å²) in [4.78, 5) is 17.6. The zero-order valence-electron chi connectivity index (χ0n) is 23.9. The second-order valence-electron chi connectivity index (χ2n) is 11.1. The van der Waals surface area contributed by atoms with Gasteiger partial charge in [0.1, 0.15) is 12.1 Å². The molecule has 2 aromatic carbocycles. The fourth-order valence-electron chi connectivity index (χ4n) is 5.64. The van der Waals surface area contributed by atoms with Crippen molar-refractivity contribution in [3.8, 4) is 11.4 Å². The fraction of sp³-hybridized carbons (Fsp3) is 0.500. The molecule has 3 aromatic rings. The standard InChI is InChI=1S/C30H40N8O3/c1-3-23(2)38-30(39)36(22-33-38)27-6-4-25(5-7-27)34-14-16-35(17-15-34)26-8-10-28(11-9-26)40-20-24-18-29(41-21-24)19-37-31-12-13-32-37/h4-12,22-24,29,32H,3,13-21H2,1-2H3. The molecule has 2 saturated heterocycles. The van der Waals surface area contributed by atoms with Gasteiger partial charge < -0.3 is 19.3 Å². The normalized spacial score (nSPS) is 21.6. The topological polar surface area (TPSA) is 92.4 Å². The van der Waals surface area contributed by atoms with Gasteiger partial charge in [-0.2, -0.15) is 10.2 Å². The van der Waals surface area contributed by atoms with Crippen LogP contribution in [0.4, 0.5) is 11.4 Å². The summed E-state index contributed by atoms with van der Waals surface area (Å²) >= 11 is 0. The fourth-order valence-corrected chi connectivity index (χ4v) is 5.64. The highest BCUT2D eigenvalue weighted by Crippen LogP contribution is 2.26. The summed E-state index contributed by atoms with van der Waals surface area (Å²) in [7, 11) is 0. The van der Waals surface area contributed by atoms with E-state index < -0.39 is 0 Å². The quantitative estimate of drug-likeness (QED) is 0.405. The molecule has 1 aromatic heterocycles. The lowest BCUT2D eigenvalue weighted by Gasteiger charge is -2.37. The predicted molar refractivity (Wildman–Crippen MR) is 160 cm³/mol. The Morgan fingerprint density at radius 3 is 2.29 bits per heavy atom. The number of aromatic nitrogens is 3. The summed E-state index contributed by atoms with van der Waals surface area (Å²) in [5.41, 5.74) is 6.32.